The highest BCUT2D eigenvalue weighted by molar-refractivity contribution is 7.80. The Hall–Kier alpha value is -2.77. The van der Waals surface area contributed by atoms with Crippen molar-refractivity contribution in [3.63, 3.8) is 0 Å². The van der Waals surface area contributed by atoms with Crippen LogP contribution < -0.4 is 20.1 Å². The molecule has 29 heavy (non-hydrogen) atoms. The highest BCUT2D eigenvalue weighted by Crippen LogP contribution is 2.28. The Kier molecular flexibility index (Phi) is 6.61. The van der Waals surface area contributed by atoms with Gasteiger partial charge in [0, 0.05) is 5.02 Å². The fourth-order valence-corrected chi connectivity index (χ4v) is 3.40. The van der Waals surface area contributed by atoms with E-state index in [9.17, 15) is 0 Å². The van der Waals surface area contributed by atoms with Gasteiger partial charge in [0.15, 0.2) is 5.11 Å². The molecular formula is C21H23ClN4O2S. The molecule has 0 saturated heterocycles. The van der Waals surface area contributed by atoms with Crippen molar-refractivity contribution in [3.8, 4) is 11.5 Å². The molecule has 152 valence electrons. The van der Waals surface area contributed by atoms with Gasteiger partial charge in [-0.2, -0.15) is 5.10 Å². The Morgan fingerprint density at radius 2 is 1.90 bits per heavy atom. The first-order valence-electron chi connectivity index (χ1n) is 8.99. The van der Waals surface area contributed by atoms with Crippen molar-refractivity contribution in [2.75, 3.05) is 24.9 Å². The van der Waals surface area contributed by atoms with Gasteiger partial charge < -0.3 is 20.1 Å². The fraction of sp³-hybridized carbons (Fsp3) is 0.238. The lowest BCUT2D eigenvalue weighted by atomic mass is 10.2. The molecule has 0 saturated carbocycles. The normalized spacial score (nSPS) is 10.5. The molecule has 2 N–H and O–H groups in total. The Morgan fingerprint density at radius 1 is 1.10 bits per heavy atom. The maximum absolute atomic E-state index is 6.09. The second-order valence-corrected chi connectivity index (χ2v) is 7.32. The van der Waals surface area contributed by atoms with Crippen molar-refractivity contribution in [3.05, 3.63) is 64.4 Å². The van der Waals surface area contributed by atoms with Gasteiger partial charge in [-0.1, -0.05) is 23.7 Å². The second kappa shape index (κ2) is 9.15. The minimum Gasteiger partial charge on any atom is -0.497 e. The first-order chi connectivity index (χ1) is 13.9. The van der Waals surface area contributed by atoms with Gasteiger partial charge in [-0.25, -0.2) is 0 Å². The van der Waals surface area contributed by atoms with Gasteiger partial charge in [-0.05, 0) is 62.0 Å². The first kappa shape index (κ1) is 21.0. The third kappa shape index (κ3) is 4.99. The van der Waals surface area contributed by atoms with Crippen LogP contribution in [0.5, 0.6) is 11.5 Å². The molecule has 1 heterocycles. The Balaban J connectivity index is 1.76. The van der Waals surface area contributed by atoms with Crippen LogP contribution in [0.4, 0.5) is 11.4 Å². The van der Waals surface area contributed by atoms with Gasteiger partial charge in [-0.3, -0.25) is 4.68 Å². The van der Waals surface area contributed by atoms with Crippen molar-refractivity contribution in [1.82, 2.24) is 9.78 Å². The molecule has 0 unspecified atom stereocenters. The van der Waals surface area contributed by atoms with Crippen LogP contribution in [0, 0.1) is 13.8 Å². The largest absolute Gasteiger partial charge is 0.497 e. The summed E-state index contributed by atoms with van der Waals surface area (Å²) in [5, 5.41) is 12.0. The number of halogens is 1. The minimum absolute atomic E-state index is 0.428. The van der Waals surface area contributed by atoms with Crippen LogP contribution >= 0.6 is 23.8 Å². The summed E-state index contributed by atoms with van der Waals surface area (Å²) < 4.78 is 12.6. The summed E-state index contributed by atoms with van der Waals surface area (Å²) in [6.45, 7) is 4.58. The number of nitrogens with zero attached hydrogens (tertiary/aromatic N) is 2. The number of rotatable bonds is 6. The van der Waals surface area contributed by atoms with Crippen molar-refractivity contribution in [1.29, 1.82) is 0 Å². The van der Waals surface area contributed by atoms with Gasteiger partial charge >= 0.3 is 0 Å². The molecule has 0 amide bonds. The van der Waals surface area contributed by atoms with Crippen LogP contribution in [0.1, 0.15) is 17.0 Å². The van der Waals surface area contributed by atoms with E-state index in [-0.39, 0.29) is 0 Å². The molecule has 3 rings (SSSR count). The molecule has 0 aliphatic rings. The van der Waals surface area contributed by atoms with Crippen LogP contribution in [-0.4, -0.2) is 29.1 Å². The third-order valence-electron chi connectivity index (χ3n) is 4.50. The van der Waals surface area contributed by atoms with Crippen LogP contribution in [-0.2, 0) is 6.54 Å². The standard InChI is InChI=1S/C21H23ClN4O2S/c1-13-20(24-21(29)23-18-11-16(22)8-9-19(18)28-4)14(2)26(25-13)12-15-6-5-7-17(10-15)27-3/h5-11H,12H2,1-4H3,(H2,23,24,29). The number of methoxy groups -OCH3 is 2. The van der Waals surface area contributed by atoms with Crippen LogP contribution in [0.15, 0.2) is 42.5 Å². The van der Waals surface area contributed by atoms with Gasteiger partial charge in [0.2, 0.25) is 0 Å². The predicted molar refractivity (Wildman–Crippen MR) is 122 cm³/mol. The van der Waals surface area contributed by atoms with Crippen LogP contribution in [0.2, 0.25) is 5.02 Å². The number of anilines is 2. The van der Waals surface area contributed by atoms with E-state index < -0.39 is 0 Å². The summed E-state index contributed by atoms with van der Waals surface area (Å²) in [5.74, 6) is 1.48. The molecule has 3 aromatic rings. The molecule has 2 aromatic carbocycles. The molecule has 6 nitrogen and oxygen atoms in total. The molecule has 0 fully saturated rings. The average molecular weight is 431 g/mol. The predicted octanol–water partition coefficient (Wildman–Crippen LogP) is 5.03. The molecule has 8 heteroatoms. The van der Waals surface area contributed by atoms with E-state index in [1.165, 1.54) is 0 Å². The van der Waals surface area contributed by atoms with Gasteiger partial charge in [-0.15, -0.1) is 0 Å². The third-order valence-corrected chi connectivity index (χ3v) is 4.94. The molecule has 0 aliphatic heterocycles. The second-order valence-electron chi connectivity index (χ2n) is 6.48. The lowest BCUT2D eigenvalue weighted by Gasteiger charge is -2.14. The minimum atomic E-state index is 0.428. The Labute approximate surface area is 180 Å². The molecule has 0 radical (unpaired) electrons. The zero-order valence-corrected chi connectivity index (χ0v) is 18.3. The zero-order chi connectivity index (χ0) is 21.0. The number of hydrogen-bond acceptors (Lipinski definition) is 4. The Morgan fingerprint density at radius 3 is 2.62 bits per heavy atom. The number of nitrogens with one attached hydrogen (secondary N) is 2. The molecule has 1 aromatic heterocycles. The SMILES string of the molecule is COc1cccc(Cn2nc(C)c(NC(=S)Nc3cc(Cl)ccc3OC)c2C)c1. The molecule has 0 aliphatic carbocycles. The van der Waals surface area contributed by atoms with Crippen molar-refractivity contribution in [2.45, 2.75) is 20.4 Å². The van der Waals surface area contributed by atoms with Gasteiger partial charge in [0.1, 0.15) is 11.5 Å². The number of aromatic nitrogens is 2. The maximum Gasteiger partial charge on any atom is 0.175 e. The van der Waals surface area contributed by atoms with E-state index in [2.05, 4.69) is 15.7 Å². The van der Waals surface area contributed by atoms with Gasteiger partial charge in [0.25, 0.3) is 0 Å². The number of ether oxygens (including phenoxy) is 2. The summed E-state index contributed by atoms with van der Waals surface area (Å²) in [4.78, 5) is 0. The lowest BCUT2D eigenvalue weighted by Crippen LogP contribution is -2.20. The molecule has 0 spiro atoms. The highest BCUT2D eigenvalue weighted by atomic mass is 35.5. The molecule has 0 atom stereocenters. The van der Waals surface area contributed by atoms with E-state index >= 15 is 0 Å². The smallest absolute Gasteiger partial charge is 0.175 e. The number of thiocarbonyl (C=S) groups is 1. The fourth-order valence-electron chi connectivity index (χ4n) is 3.02. The average Bonchev–Trinajstić information content (AvgIpc) is 2.95. The van der Waals surface area contributed by atoms with E-state index in [1.807, 2.05) is 42.8 Å². The number of hydrogen-bond donors (Lipinski definition) is 2. The van der Waals surface area contributed by atoms with Crippen LogP contribution in [0.25, 0.3) is 0 Å². The summed E-state index contributed by atoms with van der Waals surface area (Å²) in [6, 6.07) is 13.3. The van der Waals surface area contributed by atoms with E-state index in [1.54, 1.807) is 32.4 Å². The van der Waals surface area contributed by atoms with Crippen molar-refractivity contribution in [2.24, 2.45) is 0 Å². The number of aryl methyl sites for hydroxylation is 1. The maximum atomic E-state index is 6.09. The van der Waals surface area contributed by atoms with Crippen molar-refractivity contribution < 1.29 is 9.47 Å². The molecule has 0 bridgehead atoms. The summed E-state index contributed by atoms with van der Waals surface area (Å²) in [6.07, 6.45) is 0. The zero-order valence-electron chi connectivity index (χ0n) is 16.7. The topological polar surface area (TPSA) is 60.3 Å². The number of benzene rings is 2. The van der Waals surface area contributed by atoms with E-state index in [0.29, 0.717) is 28.1 Å². The van der Waals surface area contributed by atoms with E-state index in [0.717, 1.165) is 28.4 Å². The highest BCUT2D eigenvalue weighted by Gasteiger charge is 2.14. The van der Waals surface area contributed by atoms with Gasteiger partial charge in [0.05, 0.1) is 43.5 Å². The summed E-state index contributed by atoms with van der Waals surface area (Å²) in [5.41, 5.74) is 4.49. The lowest BCUT2D eigenvalue weighted by molar-refractivity contribution is 0.414. The van der Waals surface area contributed by atoms with E-state index in [4.69, 9.17) is 33.3 Å². The monoisotopic (exact) mass is 430 g/mol. The quantitative estimate of drug-likeness (QED) is 0.535. The summed E-state index contributed by atoms with van der Waals surface area (Å²) in [7, 11) is 3.26. The first-order valence-corrected chi connectivity index (χ1v) is 9.78. The van der Waals surface area contributed by atoms with Crippen molar-refractivity contribution >= 4 is 40.3 Å². The molecular weight excluding hydrogens is 408 g/mol. The Bertz CT molecular complexity index is 1040. The van der Waals surface area contributed by atoms with Crippen LogP contribution in [0.3, 0.4) is 0 Å². The summed E-state index contributed by atoms with van der Waals surface area (Å²) >= 11 is 11.6.